The van der Waals surface area contributed by atoms with Crippen LogP contribution >= 0.6 is 0 Å². The van der Waals surface area contributed by atoms with E-state index in [0.717, 1.165) is 43.6 Å². The molecule has 4 heteroatoms. The van der Waals surface area contributed by atoms with Crippen molar-refractivity contribution < 1.29 is 15.0 Å². The summed E-state index contributed by atoms with van der Waals surface area (Å²) >= 11 is 0. The fraction of sp³-hybridized carbons (Fsp3) is 0.435. The number of carbonyl (C=O) groups is 1. The van der Waals surface area contributed by atoms with Crippen LogP contribution < -0.4 is 0 Å². The minimum atomic E-state index is -0.799. The molecule has 1 saturated carbocycles. The summed E-state index contributed by atoms with van der Waals surface area (Å²) in [4.78, 5) is 13.3. The molecule has 1 aliphatic carbocycles. The zero-order valence-corrected chi connectivity index (χ0v) is 15.6. The maximum atomic E-state index is 11.5. The normalized spacial score (nSPS) is 28.0. The third-order valence-electron chi connectivity index (χ3n) is 6.32. The number of likely N-dealkylation sites (tertiary alicyclic amines) is 1. The first-order chi connectivity index (χ1) is 13.0. The highest BCUT2D eigenvalue weighted by molar-refractivity contribution is 5.70. The number of nitrogens with zero attached hydrogens (tertiary/aromatic N) is 1. The van der Waals surface area contributed by atoms with Crippen LogP contribution in [-0.2, 0) is 23.4 Å². The highest BCUT2D eigenvalue weighted by Gasteiger charge is 2.49. The van der Waals surface area contributed by atoms with Crippen LogP contribution in [0.15, 0.2) is 54.6 Å². The van der Waals surface area contributed by atoms with Gasteiger partial charge in [0.1, 0.15) is 0 Å². The predicted molar refractivity (Wildman–Crippen MR) is 104 cm³/mol. The Hall–Kier alpha value is -2.17. The molecule has 1 saturated heterocycles. The smallest absolute Gasteiger partial charge is 0.307 e. The van der Waals surface area contributed by atoms with E-state index >= 15 is 0 Å². The van der Waals surface area contributed by atoms with Gasteiger partial charge in [-0.1, -0.05) is 54.6 Å². The Kier molecular flexibility index (Phi) is 5.02. The van der Waals surface area contributed by atoms with Gasteiger partial charge in [-0.15, -0.1) is 0 Å². The van der Waals surface area contributed by atoms with Crippen LogP contribution in [0.25, 0.3) is 0 Å². The summed E-state index contributed by atoms with van der Waals surface area (Å²) in [6.45, 7) is 2.79. The molecular weight excluding hydrogens is 338 g/mol. The molecule has 2 fully saturated rings. The molecule has 3 atom stereocenters. The largest absolute Gasteiger partial charge is 0.481 e. The predicted octanol–water partition coefficient (Wildman–Crippen LogP) is 3.43. The molecule has 0 unspecified atom stereocenters. The molecule has 4 nitrogen and oxygen atoms in total. The number of hydrogen-bond donors (Lipinski definition) is 2. The Labute approximate surface area is 160 Å². The van der Waals surface area contributed by atoms with Gasteiger partial charge in [-0.25, -0.2) is 0 Å². The number of fused-ring (bicyclic) bond motifs is 1. The van der Waals surface area contributed by atoms with E-state index in [4.69, 9.17) is 5.11 Å². The molecular formula is C23H27NO3. The lowest BCUT2D eigenvalue weighted by molar-refractivity contribution is -0.136. The minimum Gasteiger partial charge on any atom is -0.481 e. The van der Waals surface area contributed by atoms with Crippen LogP contribution in [0.2, 0.25) is 0 Å². The molecule has 0 amide bonds. The number of rotatable bonds is 5. The van der Waals surface area contributed by atoms with Crippen LogP contribution in [0.1, 0.15) is 36.0 Å². The summed E-state index contributed by atoms with van der Waals surface area (Å²) in [7, 11) is 0. The molecule has 4 rings (SSSR count). The first-order valence-corrected chi connectivity index (χ1v) is 9.84. The number of carboxylic acid groups (broad SMARTS) is 1. The molecule has 142 valence electrons. The molecule has 0 radical (unpaired) electrons. The van der Waals surface area contributed by atoms with Crippen molar-refractivity contribution in [1.29, 1.82) is 0 Å². The molecule has 0 bridgehead atoms. The molecule has 1 heterocycles. The van der Waals surface area contributed by atoms with E-state index in [1.165, 1.54) is 12.0 Å². The molecule has 2 aliphatic rings. The van der Waals surface area contributed by atoms with Crippen molar-refractivity contribution in [2.24, 2.45) is 11.8 Å². The Morgan fingerprint density at radius 1 is 1.04 bits per heavy atom. The maximum absolute atomic E-state index is 11.5. The highest BCUT2D eigenvalue weighted by atomic mass is 16.4. The van der Waals surface area contributed by atoms with Gasteiger partial charge in [-0.2, -0.15) is 0 Å². The van der Waals surface area contributed by atoms with E-state index in [1.54, 1.807) is 0 Å². The summed E-state index contributed by atoms with van der Waals surface area (Å²) in [5.41, 5.74) is 2.37. The Morgan fingerprint density at radius 2 is 1.74 bits per heavy atom. The van der Waals surface area contributed by atoms with E-state index in [9.17, 15) is 9.90 Å². The number of carboxylic acids is 1. The van der Waals surface area contributed by atoms with E-state index in [1.807, 2.05) is 42.5 Å². The second-order valence-corrected chi connectivity index (χ2v) is 8.13. The lowest BCUT2D eigenvalue weighted by Crippen LogP contribution is -2.42. The van der Waals surface area contributed by atoms with Crippen molar-refractivity contribution in [3.05, 3.63) is 71.3 Å². The molecule has 1 aliphatic heterocycles. The summed E-state index contributed by atoms with van der Waals surface area (Å²) < 4.78 is 0. The van der Waals surface area contributed by atoms with Gasteiger partial charge < -0.3 is 10.2 Å². The molecule has 2 N–H and O–H groups in total. The van der Waals surface area contributed by atoms with Crippen molar-refractivity contribution in [3.8, 4) is 0 Å². The SMILES string of the molecule is O=C(O)Cc1ccc(CN2C[C@@H]3CCC[C@@](O)(c4ccccc4)[C@@H]3C2)cc1. The van der Waals surface area contributed by atoms with Crippen LogP contribution in [-0.4, -0.2) is 34.2 Å². The summed E-state index contributed by atoms with van der Waals surface area (Å²) in [5.74, 6) is 0.0155. The average molecular weight is 365 g/mol. The third kappa shape index (κ3) is 3.78. The van der Waals surface area contributed by atoms with Gasteiger partial charge in [0.25, 0.3) is 0 Å². The van der Waals surface area contributed by atoms with Crippen LogP contribution in [0, 0.1) is 11.8 Å². The lowest BCUT2D eigenvalue weighted by Gasteiger charge is -2.41. The Balaban J connectivity index is 1.46. The standard InChI is InChI=1S/C23H27NO3/c25-22(26)13-17-8-10-18(11-9-17)14-24-15-19-5-4-12-23(27,21(19)16-24)20-6-2-1-3-7-20/h1-3,6-11,19,21,27H,4-5,12-16H2,(H,25,26)/t19-,21+,23+/m0/s1. The fourth-order valence-electron chi connectivity index (χ4n) is 5.02. The van der Waals surface area contributed by atoms with Gasteiger partial charge in [-0.05, 0) is 41.9 Å². The van der Waals surface area contributed by atoms with E-state index < -0.39 is 11.6 Å². The summed E-state index contributed by atoms with van der Waals surface area (Å²) in [6, 6.07) is 18.0. The third-order valence-corrected chi connectivity index (χ3v) is 6.32. The van der Waals surface area contributed by atoms with Gasteiger partial charge in [0, 0.05) is 25.6 Å². The van der Waals surface area contributed by atoms with E-state index in [-0.39, 0.29) is 12.3 Å². The van der Waals surface area contributed by atoms with Crippen molar-refractivity contribution in [2.45, 2.75) is 37.8 Å². The second-order valence-electron chi connectivity index (χ2n) is 8.13. The van der Waals surface area contributed by atoms with Crippen LogP contribution in [0.3, 0.4) is 0 Å². The topological polar surface area (TPSA) is 60.8 Å². The number of aliphatic carboxylic acids is 1. The Morgan fingerprint density at radius 3 is 2.44 bits per heavy atom. The van der Waals surface area contributed by atoms with Gasteiger partial charge in [0.2, 0.25) is 0 Å². The maximum Gasteiger partial charge on any atom is 0.307 e. The van der Waals surface area contributed by atoms with Crippen LogP contribution in [0.5, 0.6) is 0 Å². The van der Waals surface area contributed by atoms with E-state index in [0.29, 0.717) is 5.92 Å². The molecule has 2 aromatic carbocycles. The van der Waals surface area contributed by atoms with Crippen molar-refractivity contribution in [2.75, 3.05) is 13.1 Å². The zero-order chi connectivity index (χ0) is 18.9. The Bertz CT molecular complexity index is 789. The van der Waals surface area contributed by atoms with Gasteiger partial charge in [-0.3, -0.25) is 9.69 Å². The number of hydrogen-bond acceptors (Lipinski definition) is 3. The highest BCUT2D eigenvalue weighted by Crippen LogP contribution is 2.48. The average Bonchev–Trinajstić information content (AvgIpc) is 3.08. The minimum absolute atomic E-state index is 0.0677. The zero-order valence-electron chi connectivity index (χ0n) is 15.6. The van der Waals surface area contributed by atoms with Gasteiger partial charge >= 0.3 is 5.97 Å². The second kappa shape index (κ2) is 7.45. The summed E-state index contributed by atoms with van der Waals surface area (Å²) in [5, 5.41) is 20.4. The molecule has 0 spiro atoms. The first-order valence-electron chi connectivity index (χ1n) is 9.84. The first kappa shape index (κ1) is 18.2. The molecule has 27 heavy (non-hydrogen) atoms. The number of benzene rings is 2. The van der Waals surface area contributed by atoms with Gasteiger partial charge in [0.05, 0.1) is 12.0 Å². The number of aliphatic hydroxyl groups is 1. The van der Waals surface area contributed by atoms with Crippen molar-refractivity contribution in [3.63, 3.8) is 0 Å². The summed E-state index contributed by atoms with van der Waals surface area (Å²) in [6.07, 6.45) is 3.17. The van der Waals surface area contributed by atoms with E-state index in [2.05, 4.69) is 17.0 Å². The lowest BCUT2D eigenvalue weighted by atomic mass is 9.67. The van der Waals surface area contributed by atoms with Crippen molar-refractivity contribution >= 4 is 5.97 Å². The quantitative estimate of drug-likeness (QED) is 0.852. The van der Waals surface area contributed by atoms with Gasteiger partial charge in [0.15, 0.2) is 0 Å². The molecule has 2 aromatic rings. The monoisotopic (exact) mass is 365 g/mol. The molecule has 0 aromatic heterocycles. The fourth-order valence-corrected chi connectivity index (χ4v) is 5.02. The van der Waals surface area contributed by atoms with Crippen LogP contribution in [0.4, 0.5) is 0 Å². The van der Waals surface area contributed by atoms with Crippen molar-refractivity contribution in [1.82, 2.24) is 4.90 Å².